The van der Waals surface area contributed by atoms with E-state index in [0.29, 0.717) is 32.2 Å². The Hall–Kier alpha value is -1.50. The second-order valence-electron chi connectivity index (χ2n) is 3.61. The van der Waals surface area contributed by atoms with E-state index in [9.17, 15) is 9.59 Å². The predicted octanol–water partition coefficient (Wildman–Crippen LogP) is 1.55. The molecule has 0 fully saturated rings. The van der Waals surface area contributed by atoms with Crippen molar-refractivity contribution in [1.82, 2.24) is 5.32 Å². The lowest BCUT2D eigenvalue weighted by molar-refractivity contribution is -0.137. The van der Waals surface area contributed by atoms with Crippen LogP contribution >= 0.6 is 0 Å². The van der Waals surface area contributed by atoms with Crippen LogP contribution in [-0.4, -0.2) is 23.5 Å². The Bertz CT molecular complexity index is 255. The smallest absolute Gasteiger partial charge is 0.303 e. The van der Waals surface area contributed by atoms with Crippen LogP contribution in [0.3, 0.4) is 0 Å². The fraction of sp³-hybridized carbons (Fsp3) is 0.667. The molecule has 0 heterocycles. The number of rotatable bonds is 9. The molecule has 0 saturated carbocycles. The minimum Gasteiger partial charge on any atom is -0.481 e. The second kappa shape index (κ2) is 10.0. The summed E-state index contributed by atoms with van der Waals surface area (Å²) in [5.41, 5.74) is 0. The fourth-order valence-electron chi connectivity index (χ4n) is 1.23. The molecule has 0 aromatic rings. The number of terminal acetylenes is 1. The van der Waals surface area contributed by atoms with E-state index in [1.165, 1.54) is 0 Å². The van der Waals surface area contributed by atoms with E-state index >= 15 is 0 Å². The lowest BCUT2D eigenvalue weighted by Crippen LogP contribution is -2.24. The van der Waals surface area contributed by atoms with E-state index < -0.39 is 5.97 Å². The molecule has 90 valence electrons. The summed E-state index contributed by atoms with van der Waals surface area (Å²) in [6, 6.07) is 0. The van der Waals surface area contributed by atoms with Gasteiger partial charge in [0.15, 0.2) is 0 Å². The van der Waals surface area contributed by atoms with Gasteiger partial charge >= 0.3 is 5.97 Å². The Morgan fingerprint density at radius 3 is 2.44 bits per heavy atom. The standard InChI is InChI=1S/C12H19NO3/c1-2-3-4-5-8-11(14)13-10-7-6-9-12(15)16/h1H,3-10H2,(H,13,14)(H,15,16). The van der Waals surface area contributed by atoms with Gasteiger partial charge in [-0.2, -0.15) is 0 Å². The number of nitrogens with one attached hydrogen (secondary N) is 1. The zero-order valence-electron chi connectivity index (χ0n) is 9.50. The van der Waals surface area contributed by atoms with Gasteiger partial charge in [-0.25, -0.2) is 0 Å². The zero-order chi connectivity index (χ0) is 12.2. The highest BCUT2D eigenvalue weighted by Gasteiger charge is 2.00. The summed E-state index contributed by atoms with van der Waals surface area (Å²) in [5, 5.41) is 11.1. The molecule has 0 aromatic heterocycles. The molecule has 0 aliphatic carbocycles. The molecular formula is C12H19NO3. The van der Waals surface area contributed by atoms with E-state index in [2.05, 4.69) is 11.2 Å². The van der Waals surface area contributed by atoms with Crippen molar-refractivity contribution in [3.63, 3.8) is 0 Å². The molecule has 0 aliphatic rings. The average molecular weight is 225 g/mol. The molecule has 1 amide bonds. The highest BCUT2D eigenvalue weighted by atomic mass is 16.4. The molecule has 0 spiro atoms. The van der Waals surface area contributed by atoms with Crippen LogP contribution in [0.5, 0.6) is 0 Å². The molecule has 0 rings (SSSR count). The summed E-state index contributed by atoms with van der Waals surface area (Å²) in [7, 11) is 0. The Labute approximate surface area is 96.4 Å². The van der Waals surface area contributed by atoms with Crippen molar-refractivity contribution < 1.29 is 14.7 Å². The summed E-state index contributed by atoms with van der Waals surface area (Å²) in [6.07, 6.45) is 9.47. The number of unbranched alkanes of at least 4 members (excludes halogenated alkanes) is 3. The summed E-state index contributed by atoms with van der Waals surface area (Å²) in [4.78, 5) is 21.4. The van der Waals surface area contributed by atoms with Gasteiger partial charge < -0.3 is 10.4 Å². The number of carbonyl (C=O) groups excluding carboxylic acids is 1. The first-order chi connectivity index (χ1) is 7.66. The van der Waals surface area contributed by atoms with Crippen LogP contribution in [0, 0.1) is 12.3 Å². The van der Waals surface area contributed by atoms with Gasteiger partial charge in [0.25, 0.3) is 0 Å². The van der Waals surface area contributed by atoms with Crippen LogP contribution in [0.15, 0.2) is 0 Å². The molecule has 4 nitrogen and oxygen atoms in total. The summed E-state index contributed by atoms with van der Waals surface area (Å²) >= 11 is 0. The molecule has 0 atom stereocenters. The Kier molecular flexibility index (Phi) is 9.09. The van der Waals surface area contributed by atoms with Crippen LogP contribution in [0.1, 0.15) is 44.9 Å². The van der Waals surface area contributed by atoms with E-state index in [4.69, 9.17) is 11.5 Å². The van der Waals surface area contributed by atoms with Crippen LogP contribution in [0.2, 0.25) is 0 Å². The van der Waals surface area contributed by atoms with E-state index in [-0.39, 0.29) is 12.3 Å². The normalized spacial score (nSPS) is 9.44. The molecular weight excluding hydrogens is 206 g/mol. The largest absolute Gasteiger partial charge is 0.481 e. The van der Waals surface area contributed by atoms with E-state index in [1.54, 1.807) is 0 Å². The lowest BCUT2D eigenvalue weighted by atomic mass is 10.2. The first-order valence-corrected chi connectivity index (χ1v) is 5.58. The number of aliphatic carboxylic acids is 1. The monoisotopic (exact) mass is 225 g/mol. The zero-order valence-corrected chi connectivity index (χ0v) is 9.50. The van der Waals surface area contributed by atoms with Crippen molar-refractivity contribution in [2.45, 2.75) is 44.9 Å². The summed E-state index contributed by atoms with van der Waals surface area (Å²) < 4.78 is 0. The van der Waals surface area contributed by atoms with Crippen molar-refractivity contribution in [1.29, 1.82) is 0 Å². The minimum atomic E-state index is -0.791. The molecule has 4 heteroatoms. The maximum absolute atomic E-state index is 11.2. The molecule has 0 bridgehead atoms. The third kappa shape index (κ3) is 10.6. The third-order valence-corrected chi connectivity index (χ3v) is 2.11. The van der Waals surface area contributed by atoms with Crippen molar-refractivity contribution in [2.24, 2.45) is 0 Å². The Morgan fingerprint density at radius 2 is 1.81 bits per heavy atom. The van der Waals surface area contributed by atoms with Crippen LogP contribution in [-0.2, 0) is 9.59 Å². The molecule has 0 aromatic carbocycles. The molecule has 0 aliphatic heterocycles. The van der Waals surface area contributed by atoms with Crippen LogP contribution in [0.25, 0.3) is 0 Å². The van der Waals surface area contributed by atoms with Gasteiger partial charge in [-0.05, 0) is 25.7 Å². The summed E-state index contributed by atoms with van der Waals surface area (Å²) in [6.45, 7) is 0.557. The minimum absolute atomic E-state index is 0.0207. The first-order valence-electron chi connectivity index (χ1n) is 5.58. The number of hydrogen-bond acceptors (Lipinski definition) is 2. The van der Waals surface area contributed by atoms with Crippen LogP contribution < -0.4 is 5.32 Å². The van der Waals surface area contributed by atoms with Crippen molar-refractivity contribution in [2.75, 3.05) is 6.54 Å². The van der Waals surface area contributed by atoms with Gasteiger partial charge in [0.1, 0.15) is 0 Å². The molecule has 0 radical (unpaired) electrons. The Morgan fingerprint density at radius 1 is 1.12 bits per heavy atom. The highest BCUT2D eigenvalue weighted by Crippen LogP contribution is 1.99. The lowest BCUT2D eigenvalue weighted by Gasteiger charge is -2.03. The molecule has 0 saturated heterocycles. The first kappa shape index (κ1) is 14.5. The van der Waals surface area contributed by atoms with Crippen molar-refractivity contribution in [3.8, 4) is 12.3 Å². The number of carboxylic acid groups (broad SMARTS) is 1. The quantitative estimate of drug-likeness (QED) is 0.462. The van der Waals surface area contributed by atoms with Gasteiger partial charge in [0, 0.05) is 25.8 Å². The highest BCUT2D eigenvalue weighted by molar-refractivity contribution is 5.75. The number of carbonyl (C=O) groups is 2. The number of carboxylic acids is 1. The SMILES string of the molecule is C#CCCCCC(=O)NCCCCC(=O)O. The van der Waals surface area contributed by atoms with Crippen molar-refractivity contribution >= 4 is 11.9 Å². The van der Waals surface area contributed by atoms with Gasteiger partial charge in [-0.1, -0.05) is 0 Å². The number of amides is 1. The van der Waals surface area contributed by atoms with E-state index in [0.717, 1.165) is 12.8 Å². The summed E-state index contributed by atoms with van der Waals surface area (Å²) in [5.74, 6) is 1.75. The third-order valence-electron chi connectivity index (χ3n) is 2.11. The molecule has 16 heavy (non-hydrogen) atoms. The maximum atomic E-state index is 11.2. The van der Waals surface area contributed by atoms with Gasteiger partial charge in [-0.3, -0.25) is 9.59 Å². The predicted molar refractivity (Wildman–Crippen MR) is 61.8 cm³/mol. The Balaban J connectivity index is 3.24. The molecule has 2 N–H and O–H groups in total. The van der Waals surface area contributed by atoms with Gasteiger partial charge in [0.05, 0.1) is 0 Å². The second-order valence-corrected chi connectivity index (χ2v) is 3.61. The van der Waals surface area contributed by atoms with Crippen molar-refractivity contribution in [3.05, 3.63) is 0 Å². The molecule has 0 unspecified atom stereocenters. The fourth-order valence-corrected chi connectivity index (χ4v) is 1.23. The van der Waals surface area contributed by atoms with E-state index in [1.807, 2.05) is 0 Å². The topological polar surface area (TPSA) is 66.4 Å². The van der Waals surface area contributed by atoms with Gasteiger partial charge in [-0.15, -0.1) is 12.3 Å². The number of hydrogen-bond donors (Lipinski definition) is 2. The van der Waals surface area contributed by atoms with Gasteiger partial charge in [0.2, 0.25) is 5.91 Å². The average Bonchev–Trinajstić information content (AvgIpc) is 2.23. The maximum Gasteiger partial charge on any atom is 0.303 e. The van der Waals surface area contributed by atoms with Crippen LogP contribution in [0.4, 0.5) is 0 Å².